The van der Waals surface area contributed by atoms with Crippen molar-refractivity contribution in [2.24, 2.45) is 11.1 Å². The van der Waals surface area contributed by atoms with Crippen LogP contribution in [0.15, 0.2) is 0 Å². The van der Waals surface area contributed by atoms with E-state index in [4.69, 9.17) is 5.73 Å². The summed E-state index contributed by atoms with van der Waals surface area (Å²) in [4.78, 5) is 25.4. The third-order valence-corrected chi connectivity index (χ3v) is 5.22. The lowest BCUT2D eigenvalue weighted by molar-refractivity contribution is -0.154. The Morgan fingerprint density at radius 3 is 2.78 bits per heavy atom. The molecule has 1 heterocycles. The summed E-state index contributed by atoms with van der Waals surface area (Å²) < 4.78 is 0. The number of nitrogens with two attached hydrogens (primary N) is 1. The highest BCUT2D eigenvalue weighted by Crippen LogP contribution is 2.39. The number of amides is 1. The summed E-state index contributed by atoms with van der Waals surface area (Å²) in [5, 5.41) is 9.21. The number of carbonyl (C=O) groups excluding carboxylic acids is 1. The van der Waals surface area contributed by atoms with Crippen molar-refractivity contribution in [3.63, 3.8) is 0 Å². The maximum absolute atomic E-state index is 12.6. The van der Waals surface area contributed by atoms with E-state index in [1.165, 1.54) is 4.90 Å². The van der Waals surface area contributed by atoms with Gasteiger partial charge >= 0.3 is 5.97 Å². The topological polar surface area (TPSA) is 83.6 Å². The molecule has 6 heteroatoms. The predicted molar refractivity (Wildman–Crippen MR) is 70.4 cm³/mol. The van der Waals surface area contributed by atoms with Gasteiger partial charge in [-0.1, -0.05) is 6.42 Å². The molecule has 0 spiro atoms. The van der Waals surface area contributed by atoms with Gasteiger partial charge in [-0.05, 0) is 19.8 Å². The van der Waals surface area contributed by atoms with E-state index < -0.39 is 17.4 Å². The Kier molecular flexibility index (Phi) is 3.87. The fourth-order valence-corrected chi connectivity index (χ4v) is 3.88. The number of carboxylic acid groups (broad SMARTS) is 1. The van der Waals surface area contributed by atoms with Crippen molar-refractivity contribution >= 4 is 23.6 Å². The minimum Gasteiger partial charge on any atom is -0.480 e. The summed E-state index contributed by atoms with van der Waals surface area (Å²) in [6.45, 7) is 2.40. The Morgan fingerprint density at radius 1 is 1.50 bits per heavy atom. The first-order valence-electron chi connectivity index (χ1n) is 6.34. The van der Waals surface area contributed by atoms with E-state index in [0.717, 1.165) is 25.0 Å². The summed E-state index contributed by atoms with van der Waals surface area (Å²) in [5.74, 6) is 0.304. The van der Waals surface area contributed by atoms with Crippen LogP contribution in [-0.2, 0) is 9.59 Å². The number of nitrogens with zero attached hydrogens (tertiary/aromatic N) is 1. The van der Waals surface area contributed by atoms with Gasteiger partial charge in [0.15, 0.2) is 0 Å². The van der Waals surface area contributed by atoms with E-state index in [-0.39, 0.29) is 11.9 Å². The zero-order valence-corrected chi connectivity index (χ0v) is 11.4. The number of thioether (sulfide) groups is 1. The van der Waals surface area contributed by atoms with Crippen LogP contribution in [0.2, 0.25) is 0 Å². The van der Waals surface area contributed by atoms with E-state index in [9.17, 15) is 14.7 Å². The lowest BCUT2D eigenvalue weighted by atomic mass is 9.83. The molecule has 1 amide bonds. The standard InChI is InChI=1S/C12H20N2O3S/c1-12(4-2-3-9(12)13)11(17)14-5-6-18-7-8(14)10(15)16/h8-9H,2-7,13H2,1H3,(H,15,16). The lowest BCUT2D eigenvalue weighted by Gasteiger charge is -2.39. The van der Waals surface area contributed by atoms with E-state index in [2.05, 4.69) is 0 Å². The fraction of sp³-hybridized carbons (Fsp3) is 0.833. The van der Waals surface area contributed by atoms with Gasteiger partial charge in [0.1, 0.15) is 6.04 Å². The number of carbonyl (C=O) groups is 2. The molecule has 1 saturated carbocycles. The maximum Gasteiger partial charge on any atom is 0.327 e. The first kappa shape index (κ1) is 13.7. The molecule has 0 bridgehead atoms. The molecule has 0 radical (unpaired) electrons. The Hall–Kier alpha value is -0.750. The van der Waals surface area contributed by atoms with Gasteiger partial charge in [-0.25, -0.2) is 4.79 Å². The molecular formula is C12H20N2O3S. The third kappa shape index (κ3) is 2.23. The maximum atomic E-state index is 12.6. The van der Waals surface area contributed by atoms with E-state index in [1.807, 2.05) is 6.92 Å². The second-order valence-corrected chi connectivity index (χ2v) is 6.49. The smallest absolute Gasteiger partial charge is 0.327 e. The molecule has 2 fully saturated rings. The van der Waals surface area contributed by atoms with Crippen LogP contribution in [0.25, 0.3) is 0 Å². The third-order valence-electron chi connectivity index (χ3n) is 4.19. The Balaban J connectivity index is 2.18. The number of carboxylic acids is 1. The largest absolute Gasteiger partial charge is 0.480 e. The highest BCUT2D eigenvalue weighted by atomic mass is 32.2. The highest BCUT2D eigenvalue weighted by molar-refractivity contribution is 7.99. The quantitative estimate of drug-likeness (QED) is 0.766. The van der Waals surface area contributed by atoms with Crippen molar-refractivity contribution in [3.8, 4) is 0 Å². The van der Waals surface area contributed by atoms with E-state index in [1.54, 1.807) is 11.8 Å². The zero-order chi connectivity index (χ0) is 13.3. The van der Waals surface area contributed by atoms with Crippen molar-refractivity contribution in [2.45, 2.75) is 38.3 Å². The molecule has 0 aromatic carbocycles. The van der Waals surface area contributed by atoms with Crippen molar-refractivity contribution in [2.75, 3.05) is 18.1 Å². The minimum atomic E-state index is -0.911. The molecule has 5 nitrogen and oxygen atoms in total. The van der Waals surface area contributed by atoms with Gasteiger partial charge in [0.05, 0.1) is 5.41 Å². The number of hydrogen-bond donors (Lipinski definition) is 2. The normalized spacial score (nSPS) is 36.7. The van der Waals surface area contributed by atoms with Crippen LogP contribution in [-0.4, -0.2) is 52.0 Å². The first-order chi connectivity index (χ1) is 8.47. The van der Waals surface area contributed by atoms with Crippen molar-refractivity contribution in [3.05, 3.63) is 0 Å². The zero-order valence-electron chi connectivity index (χ0n) is 10.6. The molecule has 1 aliphatic heterocycles. The van der Waals surface area contributed by atoms with Gasteiger partial charge in [-0.2, -0.15) is 11.8 Å². The molecule has 102 valence electrons. The van der Waals surface area contributed by atoms with Crippen LogP contribution in [0, 0.1) is 5.41 Å². The monoisotopic (exact) mass is 272 g/mol. The molecule has 18 heavy (non-hydrogen) atoms. The summed E-state index contributed by atoms with van der Waals surface area (Å²) >= 11 is 1.59. The number of rotatable bonds is 2. The predicted octanol–water partition coefficient (Wildman–Crippen LogP) is 0.533. The number of hydrogen-bond acceptors (Lipinski definition) is 4. The van der Waals surface area contributed by atoms with Crippen molar-refractivity contribution in [1.82, 2.24) is 4.90 Å². The molecule has 2 aliphatic rings. The second-order valence-electron chi connectivity index (χ2n) is 5.34. The van der Waals surface area contributed by atoms with Crippen molar-refractivity contribution in [1.29, 1.82) is 0 Å². The molecule has 0 aromatic heterocycles. The van der Waals surface area contributed by atoms with Gasteiger partial charge in [0.25, 0.3) is 0 Å². The molecule has 1 aliphatic carbocycles. The minimum absolute atomic E-state index is 0.0693. The summed E-state index contributed by atoms with van der Waals surface area (Å²) in [5.41, 5.74) is 5.47. The molecule has 1 saturated heterocycles. The number of aliphatic carboxylic acids is 1. The van der Waals surface area contributed by atoms with Gasteiger partial charge in [-0.15, -0.1) is 0 Å². The van der Waals surface area contributed by atoms with Crippen LogP contribution >= 0.6 is 11.8 Å². The van der Waals surface area contributed by atoms with Gasteiger partial charge in [-0.3, -0.25) is 4.79 Å². The average molecular weight is 272 g/mol. The van der Waals surface area contributed by atoms with E-state index in [0.29, 0.717) is 12.3 Å². The highest BCUT2D eigenvalue weighted by Gasteiger charge is 2.47. The first-order valence-corrected chi connectivity index (χ1v) is 7.49. The van der Waals surface area contributed by atoms with Gasteiger partial charge in [0, 0.05) is 24.1 Å². The van der Waals surface area contributed by atoms with Gasteiger partial charge < -0.3 is 15.7 Å². The fourth-order valence-electron chi connectivity index (χ4n) is 2.84. The second kappa shape index (κ2) is 5.09. The van der Waals surface area contributed by atoms with Crippen LogP contribution in [0.5, 0.6) is 0 Å². The Bertz CT molecular complexity index is 363. The SMILES string of the molecule is CC1(C(=O)N2CCSCC2C(=O)O)CCCC1N. The molecule has 3 N–H and O–H groups in total. The van der Waals surface area contributed by atoms with Crippen LogP contribution in [0.1, 0.15) is 26.2 Å². The van der Waals surface area contributed by atoms with Crippen LogP contribution in [0.4, 0.5) is 0 Å². The van der Waals surface area contributed by atoms with Gasteiger partial charge in [0.2, 0.25) is 5.91 Å². The Labute approximate surface area is 111 Å². The van der Waals surface area contributed by atoms with Crippen molar-refractivity contribution < 1.29 is 14.7 Å². The van der Waals surface area contributed by atoms with E-state index >= 15 is 0 Å². The Morgan fingerprint density at radius 2 is 2.22 bits per heavy atom. The molecule has 3 unspecified atom stereocenters. The molecule has 3 atom stereocenters. The summed E-state index contributed by atoms with van der Waals surface area (Å²) in [6.07, 6.45) is 2.56. The lowest BCUT2D eigenvalue weighted by Crippen LogP contribution is -2.57. The molecule has 0 aromatic rings. The van der Waals surface area contributed by atoms with Crippen LogP contribution in [0.3, 0.4) is 0 Å². The summed E-state index contributed by atoms with van der Waals surface area (Å²) in [6, 6.07) is -0.838. The van der Waals surface area contributed by atoms with Crippen LogP contribution < -0.4 is 5.73 Å². The molecule has 2 rings (SSSR count). The molecular weight excluding hydrogens is 252 g/mol. The summed E-state index contributed by atoms with van der Waals surface area (Å²) in [7, 11) is 0. The average Bonchev–Trinajstić information content (AvgIpc) is 2.70.